The number of halogens is 1. The predicted molar refractivity (Wildman–Crippen MR) is 83.4 cm³/mol. The van der Waals surface area contributed by atoms with E-state index in [1.54, 1.807) is 12.1 Å². The highest BCUT2D eigenvalue weighted by Gasteiger charge is 2.27. The number of likely N-dealkylation sites (tertiary alicyclic amines) is 1. The molecular formula is C16H22ClNO3. The van der Waals surface area contributed by atoms with Gasteiger partial charge in [0.1, 0.15) is 0 Å². The molecule has 0 radical (unpaired) electrons. The summed E-state index contributed by atoms with van der Waals surface area (Å²) in [6, 6.07) is 3.34. The van der Waals surface area contributed by atoms with Crippen LogP contribution in [0.2, 0.25) is 5.02 Å². The number of nitrogens with zero attached hydrogens (tertiary/aromatic N) is 1. The Morgan fingerprint density at radius 3 is 2.33 bits per heavy atom. The third-order valence-electron chi connectivity index (χ3n) is 3.84. The van der Waals surface area contributed by atoms with Gasteiger partial charge in [-0.2, -0.15) is 0 Å². The minimum Gasteiger partial charge on any atom is -0.493 e. The first-order valence-electron chi connectivity index (χ1n) is 7.17. The molecule has 0 N–H and O–H groups in total. The molecule has 21 heavy (non-hydrogen) atoms. The number of amides is 1. The van der Waals surface area contributed by atoms with Crippen LogP contribution in [0.3, 0.4) is 0 Å². The first-order chi connectivity index (χ1) is 9.96. The molecule has 1 aliphatic rings. The fourth-order valence-corrected chi connectivity index (χ4v) is 3.34. The van der Waals surface area contributed by atoms with Crippen molar-refractivity contribution in [2.24, 2.45) is 11.8 Å². The lowest BCUT2D eigenvalue weighted by Crippen LogP contribution is -2.42. The van der Waals surface area contributed by atoms with Crippen molar-refractivity contribution in [1.82, 2.24) is 4.90 Å². The largest absolute Gasteiger partial charge is 0.493 e. The van der Waals surface area contributed by atoms with E-state index >= 15 is 0 Å². The van der Waals surface area contributed by atoms with Gasteiger partial charge in [0, 0.05) is 18.7 Å². The zero-order chi connectivity index (χ0) is 15.6. The zero-order valence-electron chi connectivity index (χ0n) is 13.0. The summed E-state index contributed by atoms with van der Waals surface area (Å²) >= 11 is 6.18. The molecule has 1 saturated heterocycles. The van der Waals surface area contributed by atoms with Crippen molar-refractivity contribution in [1.29, 1.82) is 0 Å². The van der Waals surface area contributed by atoms with Crippen molar-refractivity contribution in [3.05, 3.63) is 22.7 Å². The number of hydrogen-bond acceptors (Lipinski definition) is 3. The van der Waals surface area contributed by atoms with Crippen molar-refractivity contribution in [2.75, 3.05) is 27.3 Å². The van der Waals surface area contributed by atoms with Crippen LogP contribution in [0.15, 0.2) is 12.1 Å². The van der Waals surface area contributed by atoms with E-state index in [4.69, 9.17) is 21.1 Å². The summed E-state index contributed by atoms with van der Waals surface area (Å²) in [5.41, 5.74) is 0.541. The summed E-state index contributed by atoms with van der Waals surface area (Å²) in [7, 11) is 3.06. The maximum absolute atomic E-state index is 12.7. The lowest BCUT2D eigenvalue weighted by molar-refractivity contribution is 0.0622. The molecule has 0 saturated carbocycles. The van der Waals surface area contributed by atoms with Gasteiger partial charge in [0.05, 0.1) is 19.2 Å². The van der Waals surface area contributed by atoms with Gasteiger partial charge in [-0.05, 0) is 30.4 Å². The average Bonchev–Trinajstić information content (AvgIpc) is 2.44. The summed E-state index contributed by atoms with van der Waals surface area (Å²) in [6.45, 7) is 5.93. The minimum absolute atomic E-state index is 0.00347. The summed E-state index contributed by atoms with van der Waals surface area (Å²) in [4.78, 5) is 14.6. The normalized spacial score (nSPS) is 22.0. The van der Waals surface area contributed by atoms with Crippen molar-refractivity contribution in [3.8, 4) is 11.5 Å². The second-order valence-electron chi connectivity index (χ2n) is 5.85. The van der Waals surface area contributed by atoms with E-state index in [1.807, 2.05) is 4.90 Å². The SMILES string of the molecule is COc1cc(C(=O)N2CC(C)CC(C)C2)cc(Cl)c1OC. The van der Waals surface area contributed by atoms with Crippen LogP contribution >= 0.6 is 11.6 Å². The van der Waals surface area contributed by atoms with Gasteiger partial charge >= 0.3 is 0 Å². The van der Waals surface area contributed by atoms with Crippen LogP contribution in [-0.2, 0) is 0 Å². The minimum atomic E-state index is -0.00347. The summed E-state index contributed by atoms with van der Waals surface area (Å²) < 4.78 is 10.5. The van der Waals surface area contributed by atoms with Crippen LogP contribution in [0.4, 0.5) is 0 Å². The molecule has 0 bridgehead atoms. The molecule has 2 rings (SSSR count). The van der Waals surface area contributed by atoms with Crippen molar-refractivity contribution < 1.29 is 14.3 Å². The van der Waals surface area contributed by atoms with Crippen molar-refractivity contribution in [3.63, 3.8) is 0 Å². The highest BCUT2D eigenvalue weighted by molar-refractivity contribution is 6.32. The quantitative estimate of drug-likeness (QED) is 0.858. The van der Waals surface area contributed by atoms with Crippen molar-refractivity contribution >= 4 is 17.5 Å². The van der Waals surface area contributed by atoms with E-state index in [9.17, 15) is 4.79 Å². The second kappa shape index (κ2) is 6.56. The van der Waals surface area contributed by atoms with Gasteiger partial charge in [-0.25, -0.2) is 0 Å². The Hall–Kier alpha value is -1.42. The number of carbonyl (C=O) groups excluding carboxylic acids is 1. The number of ether oxygens (including phenoxy) is 2. The standard InChI is InChI=1S/C16H22ClNO3/c1-10-5-11(2)9-18(8-10)16(19)12-6-13(17)15(21-4)14(7-12)20-3/h6-7,10-11H,5,8-9H2,1-4H3. The molecule has 1 aliphatic heterocycles. The first-order valence-corrected chi connectivity index (χ1v) is 7.54. The van der Waals surface area contributed by atoms with Gasteiger partial charge in [-0.15, -0.1) is 0 Å². The molecule has 1 amide bonds. The van der Waals surface area contributed by atoms with Gasteiger partial charge in [0.2, 0.25) is 0 Å². The number of piperidine rings is 1. The van der Waals surface area contributed by atoms with Gasteiger partial charge in [0.25, 0.3) is 5.91 Å². The highest BCUT2D eigenvalue weighted by Crippen LogP contribution is 2.36. The summed E-state index contributed by atoms with van der Waals surface area (Å²) in [5.74, 6) is 1.97. The fraction of sp³-hybridized carbons (Fsp3) is 0.562. The molecule has 4 nitrogen and oxygen atoms in total. The van der Waals surface area contributed by atoms with Crippen LogP contribution < -0.4 is 9.47 Å². The molecule has 5 heteroatoms. The Labute approximate surface area is 131 Å². The maximum Gasteiger partial charge on any atom is 0.254 e. The number of carbonyl (C=O) groups is 1. The van der Waals surface area contributed by atoms with Crippen LogP contribution in [0.1, 0.15) is 30.6 Å². The third kappa shape index (κ3) is 3.43. The predicted octanol–water partition coefficient (Wildman–Crippen LogP) is 3.48. The topological polar surface area (TPSA) is 38.8 Å². The Morgan fingerprint density at radius 1 is 1.19 bits per heavy atom. The number of benzene rings is 1. The molecule has 1 heterocycles. The molecule has 2 atom stereocenters. The maximum atomic E-state index is 12.7. The Morgan fingerprint density at radius 2 is 1.81 bits per heavy atom. The van der Waals surface area contributed by atoms with Crippen LogP contribution in [0, 0.1) is 11.8 Å². The molecule has 1 aromatic carbocycles. The first kappa shape index (κ1) is 16.0. The number of methoxy groups -OCH3 is 2. The van der Waals surface area contributed by atoms with E-state index < -0.39 is 0 Å². The summed E-state index contributed by atoms with van der Waals surface area (Å²) in [5, 5.41) is 0.387. The lowest BCUT2D eigenvalue weighted by atomic mass is 9.91. The van der Waals surface area contributed by atoms with E-state index in [2.05, 4.69) is 13.8 Å². The molecule has 0 aliphatic carbocycles. The highest BCUT2D eigenvalue weighted by atomic mass is 35.5. The summed E-state index contributed by atoms with van der Waals surface area (Å²) in [6.07, 6.45) is 1.16. The van der Waals surface area contributed by atoms with E-state index in [0.29, 0.717) is 33.9 Å². The fourth-order valence-electron chi connectivity index (χ4n) is 3.05. The van der Waals surface area contributed by atoms with Gasteiger partial charge in [0.15, 0.2) is 11.5 Å². The van der Waals surface area contributed by atoms with E-state index in [1.165, 1.54) is 14.2 Å². The van der Waals surface area contributed by atoms with Crippen LogP contribution in [-0.4, -0.2) is 38.1 Å². The molecule has 1 fully saturated rings. The molecule has 0 aromatic heterocycles. The smallest absolute Gasteiger partial charge is 0.254 e. The van der Waals surface area contributed by atoms with E-state index in [-0.39, 0.29) is 5.91 Å². The lowest BCUT2D eigenvalue weighted by Gasteiger charge is -2.35. The Balaban J connectivity index is 2.29. The van der Waals surface area contributed by atoms with Crippen molar-refractivity contribution in [2.45, 2.75) is 20.3 Å². The van der Waals surface area contributed by atoms with E-state index in [0.717, 1.165) is 19.5 Å². The van der Waals surface area contributed by atoms with Gasteiger partial charge < -0.3 is 14.4 Å². The molecule has 0 spiro atoms. The van der Waals surface area contributed by atoms with Crippen LogP contribution in [0.5, 0.6) is 11.5 Å². The molecular weight excluding hydrogens is 290 g/mol. The second-order valence-corrected chi connectivity index (χ2v) is 6.26. The Kier molecular flexibility index (Phi) is 4.99. The van der Waals surface area contributed by atoms with Gasteiger partial charge in [-0.1, -0.05) is 25.4 Å². The number of rotatable bonds is 3. The average molecular weight is 312 g/mol. The molecule has 1 aromatic rings. The van der Waals surface area contributed by atoms with Crippen LogP contribution in [0.25, 0.3) is 0 Å². The third-order valence-corrected chi connectivity index (χ3v) is 4.12. The zero-order valence-corrected chi connectivity index (χ0v) is 13.7. The van der Waals surface area contributed by atoms with Gasteiger partial charge in [-0.3, -0.25) is 4.79 Å². The Bertz CT molecular complexity index is 522. The molecule has 116 valence electrons. The molecule has 2 unspecified atom stereocenters. The number of hydrogen-bond donors (Lipinski definition) is 0. The monoisotopic (exact) mass is 311 g/mol.